The van der Waals surface area contributed by atoms with E-state index in [9.17, 15) is 0 Å². The van der Waals surface area contributed by atoms with E-state index in [4.69, 9.17) is 0 Å². The molecular weight excluding hydrogens is 553 g/mol. The fourth-order valence-corrected chi connectivity index (χ4v) is 9.37. The highest BCUT2D eigenvalue weighted by Crippen LogP contribution is 2.76. The number of hydrogen-bond acceptors (Lipinski definition) is 0. The number of hydrogen-bond donors (Lipinski definition) is 0. The van der Waals surface area contributed by atoms with Gasteiger partial charge in [-0.05, 0) is 101 Å². The Bertz CT molecular complexity index is 2410. The molecule has 46 heavy (non-hydrogen) atoms. The number of rotatable bonds is 3. The van der Waals surface area contributed by atoms with Crippen molar-refractivity contribution >= 4 is 37.9 Å². The first kappa shape index (κ1) is 26.1. The molecule has 7 aromatic carbocycles. The van der Waals surface area contributed by atoms with Gasteiger partial charge in [-0.15, -0.1) is 0 Å². The lowest BCUT2D eigenvalue weighted by Gasteiger charge is -2.31. The van der Waals surface area contributed by atoms with Crippen LogP contribution in [0.4, 0.5) is 0 Å². The third kappa shape index (κ3) is 3.34. The summed E-state index contributed by atoms with van der Waals surface area (Å²) in [5.41, 5.74) is 12.7. The zero-order valence-electron chi connectivity index (χ0n) is 26.2. The summed E-state index contributed by atoms with van der Waals surface area (Å²) in [7, 11) is 0. The highest BCUT2D eigenvalue weighted by Gasteiger charge is 2.68. The van der Waals surface area contributed by atoms with Crippen LogP contribution in [0.1, 0.15) is 31.4 Å². The minimum atomic E-state index is 0.142. The van der Waals surface area contributed by atoms with E-state index in [0.29, 0.717) is 11.3 Å². The molecule has 0 amide bonds. The topological polar surface area (TPSA) is 0 Å². The molecular formula is C46H34. The van der Waals surface area contributed by atoms with Crippen molar-refractivity contribution in [3.8, 4) is 33.4 Å². The van der Waals surface area contributed by atoms with Gasteiger partial charge in [-0.1, -0.05) is 159 Å². The van der Waals surface area contributed by atoms with E-state index in [-0.39, 0.29) is 5.41 Å². The molecule has 1 spiro atoms. The average molecular weight is 587 g/mol. The van der Waals surface area contributed by atoms with Crippen LogP contribution in [0.25, 0.3) is 71.3 Å². The van der Waals surface area contributed by atoms with Crippen molar-refractivity contribution in [2.75, 3.05) is 0 Å². The molecule has 1 saturated carbocycles. The molecule has 0 nitrogen and oxygen atoms in total. The standard InChI is InChI=1S/C46H34/c1-45(2)42-27-32(25-26-40(42)41-20-10-13-33-28-46(33,41)45)29-21-23-31(24-22-29)43-36-15-5-7-17-38(36)44(39-18-8-6-16-37(39)43)35-19-9-12-30-11-3-4-14-34(30)35/h3-27,33H,28H2,1-2H3. The highest BCUT2D eigenvalue weighted by molar-refractivity contribution is 6.23. The molecule has 0 bridgehead atoms. The number of allylic oxidation sites excluding steroid dienone is 4. The van der Waals surface area contributed by atoms with Crippen molar-refractivity contribution in [1.82, 2.24) is 0 Å². The van der Waals surface area contributed by atoms with E-state index < -0.39 is 0 Å². The Morgan fingerprint density at radius 3 is 1.83 bits per heavy atom. The lowest BCUT2D eigenvalue weighted by Crippen LogP contribution is -2.27. The summed E-state index contributed by atoms with van der Waals surface area (Å²) < 4.78 is 0. The second-order valence-electron chi connectivity index (χ2n) is 14.1. The third-order valence-electron chi connectivity index (χ3n) is 11.7. The first-order valence-electron chi connectivity index (χ1n) is 16.6. The Kier molecular flexibility index (Phi) is 5.20. The predicted octanol–water partition coefficient (Wildman–Crippen LogP) is 12.4. The van der Waals surface area contributed by atoms with E-state index in [1.165, 1.54) is 83.2 Å². The van der Waals surface area contributed by atoms with Gasteiger partial charge in [0.1, 0.15) is 0 Å². The van der Waals surface area contributed by atoms with Gasteiger partial charge in [-0.2, -0.15) is 0 Å². The summed E-state index contributed by atoms with van der Waals surface area (Å²) in [4.78, 5) is 0. The van der Waals surface area contributed by atoms with E-state index in [0.717, 1.165) is 0 Å². The molecule has 218 valence electrons. The van der Waals surface area contributed by atoms with Crippen molar-refractivity contribution in [2.45, 2.75) is 25.7 Å². The Morgan fingerprint density at radius 1 is 0.522 bits per heavy atom. The van der Waals surface area contributed by atoms with Crippen LogP contribution in [0.3, 0.4) is 0 Å². The maximum atomic E-state index is 2.48. The van der Waals surface area contributed by atoms with Crippen LogP contribution >= 0.6 is 0 Å². The molecule has 2 atom stereocenters. The van der Waals surface area contributed by atoms with Crippen LogP contribution in [-0.4, -0.2) is 0 Å². The molecule has 3 aliphatic rings. The second-order valence-corrected chi connectivity index (χ2v) is 14.1. The summed E-state index contributed by atoms with van der Waals surface area (Å²) in [5, 5.41) is 7.73. The lowest BCUT2D eigenvalue weighted by molar-refractivity contribution is 0.376. The molecule has 7 aromatic rings. The molecule has 0 aromatic heterocycles. The molecule has 0 N–H and O–H groups in total. The molecule has 0 aliphatic heterocycles. The third-order valence-corrected chi connectivity index (χ3v) is 11.7. The fraction of sp³-hybridized carbons (Fsp3) is 0.130. The van der Waals surface area contributed by atoms with Crippen LogP contribution < -0.4 is 0 Å². The Morgan fingerprint density at radius 2 is 1.11 bits per heavy atom. The number of benzene rings is 7. The zero-order chi connectivity index (χ0) is 30.6. The summed E-state index contributed by atoms with van der Waals surface area (Å²) in [6.07, 6.45) is 8.37. The zero-order valence-corrected chi connectivity index (χ0v) is 26.2. The average Bonchev–Trinajstić information content (AvgIpc) is 3.84. The Hall–Kier alpha value is -5.20. The minimum Gasteiger partial charge on any atom is -0.0805 e. The summed E-state index contributed by atoms with van der Waals surface area (Å²) in [6.45, 7) is 4.94. The maximum Gasteiger partial charge on any atom is 0.0120 e. The highest BCUT2D eigenvalue weighted by atomic mass is 14.7. The van der Waals surface area contributed by atoms with Crippen molar-refractivity contribution in [2.24, 2.45) is 11.3 Å². The number of fused-ring (bicyclic) bond motifs is 5. The summed E-state index contributed by atoms with van der Waals surface area (Å²) in [6, 6.07) is 49.9. The molecule has 0 heteroatoms. The first-order chi connectivity index (χ1) is 22.6. The summed E-state index contributed by atoms with van der Waals surface area (Å²) in [5.74, 6) is 0.689. The summed E-state index contributed by atoms with van der Waals surface area (Å²) >= 11 is 0. The largest absolute Gasteiger partial charge is 0.0805 e. The molecule has 3 aliphatic carbocycles. The van der Waals surface area contributed by atoms with Gasteiger partial charge in [0.2, 0.25) is 0 Å². The molecule has 2 unspecified atom stereocenters. The van der Waals surface area contributed by atoms with Gasteiger partial charge in [0.25, 0.3) is 0 Å². The van der Waals surface area contributed by atoms with E-state index in [2.05, 4.69) is 166 Å². The van der Waals surface area contributed by atoms with Gasteiger partial charge < -0.3 is 0 Å². The van der Waals surface area contributed by atoms with Crippen LogP contribution in [0, 0.1) is 11.3 Å². The van der Waals surface area contributed by atoms with E-state index in [1.807, 2.05) is 0 Å². The minimum absolute atomic E-state index is 0.142. The van der Waals surface area contributed by atoms with Crippen molar-refractivity contribution in [3.63, 3.8) is 0 Å². The van der Waals surface area contributed by atoms with E-state index in [1.54, 1.807) is 5.57 Å². The van der Waals surface area contributed by atoms with Gasteiger partial charge >= 0.3 is 0 Å². The van der Waals surface area contributed by atoms with Gasteiger partial charge in [0.05, 0.1) is 0 Å². The van der Waals surface area contributed by atoms with Crippen LogP contribution in [0.5, 0.6) is 0 Å². The Labute approximate surface area is 270 Å². The molecule has 0 radical (unpaired) electrons. The van der Waals surface area contributed by atoms with Crippen LogP contribution in [0.2, 0.25) is 0 Å². The van der Waals surface area contributed by atoms with E-state index >= 15 is 0 Å². The smallest absolute Gasteiger partial charge is 0.0120 e. The van der Waals surface area contributed by atoms with Crippen molar-refractivity contribution in [1.29, 1.82) is 0 Å². The van der Waals surface area contributed by atoms with Gasteiger partial charge in [-0.3, -0.25) is 0 Å². The predicted molar refractivity (Wildman–Crippen MR) is 196 cm³/mol. The molecule has 0 saturated heterocycles. The van der Waals surface area contributed by atoms with Crippen LogP contribution in [0.15, 0.2) is 152 Å². The first-order valence-corrected chi connectivity index (χ1v) is 16.6. The molecule has 0 heterocycles. The molecule has 10 rings (SSSR count). The second kappa shape index (κ2) is 9.18. The van der Waals surface area contributed by atoms with Gasteiger partial charge in [-0.25, -0.2) is 0 Å². The lowest BCUT2D eigenvalue weighted by atomic mass is 9.72. The fourth-order valence-electron chi connectivity index (χ4n) is 9.37. The maximum absolute atomic E-state index is 2.48. The van der Waals surface area contributed by atoms with Gasteiger partial charge in [0.15, 0.2) is 0 Å². The monoisotopic (exact) mass is 586 g/mol. The van der Waals surface area contributed by atoms with Crippen molar-refractivity contribution in [3.05, 3.63) is 163 Å². The molecule has 1 fully saturated rings. The van der Waals surface area contributed by atoms with Gasteiger partial charge in [0, 0.05) is 10.8 Å². The normalized spacial score (nSPS) is 20.4. The Balaban J connectivity index is 1.13. The van der Waals surface area contributed by atoms with Crippen molar-refractivity contribution < 1.29 is 0 Å². The quantitative estimate of drug-likeness (QED) is 0.181. The SMILES string of the molecule is CC1(C)c2cc(-c3ccc(-c4c5ccccc5c(-c5cccc6ccccc56)c5ccccc45)cc3)ccc2C2=CC=CC3CC231. The van der Waals surface area contributed by atoms with Crippen LogP contribution in [-0.2, 0) is 5.41 Å².